The molecule has 0 aromatic heterocycles. The number of anilines is 1. The second kappa shape index (κ2) is 7.29. The van der Waals surface area contributed by atoms with Gasteiger partial charge in [0.1, 0.15) is 5.75 Å². The molecular formula is C18H19NO2. The lowest BCUT2D eigenvalue weighted by molar-refractivity contribution is 0.104. The molecule has 1 N–H and O–H groups in total. The summed E-state index contributed by atoms with van der Waals surface area (Å²) in [5.41, 5.74) is 2.80. The Morgan fingerprint density at radius 2 is 1.76 bits per heavy atom. The minimum absolute atomic E-state index is 0.0438. The summed E-state index contributed by atoms with van der Waals surface area (Å²) in [5.74, 6) is 0.730. The molecule has 3 nitrogen and oxygen atoms in total. The zero-order valence-electron chi connectivity index (χ0n) is 12.3. The summed E-state index contributed by atoms with van der Waals surface area (Å²) in [6.07, 6.45) is 3.18. The van der Waals surface area contributed by atoms with Crippen molar-refractivity contribution in [3.8, 4) is 5.75 Å². The third-order valence-corrected chi connectivity index (χ3v) is 2.99. The van der Waals surface area contributed by atoms with E-state index >= 15 is 0 Å². The van der Waals surface area contributed by atoms with E-state index < -0.39 is 0 Å². The van der Waals surface area contributed by atoms with Crippen molar-refractivity contribution < 1.29 is 9.53 Å². The smallest absolute Gasteiger partial charge is 0.187 e. The molecule has 0 amide bonds. The van der Waals surface area contributed by atoms with E-state index in [-0.39, 0.29) is 5.78 Å². The van der Waals surface area contributed by atoms with Gasteiger partial charge in [0.2, 0.25) is 0 Å². The SMILES string of the molecule is CCOc1ccc(C(=O)C=CNc2ccc(C)cc2)cc1. The number of hydrogen-bond donors (Lipinski definition) is 1. The van der Waals surface area contributed by atoms with Crippen molar-refractivity contribution in [2.24, 2.45) is 0 Å². The van der Waals surface area contributed by atoms with Crippen molar-refractivity contribution in [1.82, 2.24) is 0 Å². The summed E-state index contributed by atoms with van der Waals surface area (Å²) in [5, 5.41) is 3.08. The Hall–Kier alpha value is -2.55. The zero-order chi connectivity index (χ0) is 15.1. The van der Waals surface area contributed by atoms with E-state index in [2.05, 4.69) is 5.32 Å². The fraction of sp³-hybridized carbons (Fsp3) is 0.167. The molecule has 0 fully saturated rings. The van der Waals surface area contributed by atoms with Gasteiger partial charge < -0.3 is 10.1 Å². The number of nitrogens with one attached hydrogen (secondary N) is 1. The minimum Gasteiger partial charge on any atom is -0.494 e. The van der Waals surface area contributed by atoms with Crippen molar-refractivity contribution in [2.75, 3.05) is 11.9 Å². The van der Waals surface area contributed by atoms with Crippen LogP contribution < -0.4 is 10.1 Å². The van der Waals surface area contributed by atoms with E-state index in [1.807, 2.05) is 38.1 Å². The van der Waals surface area contributed by atoms with Gasteiger partial charge in [-0.2, -0.15) is 0 Å². The highest BCUT2D eigenvalue weighted by atomic mass is 16.5. The van der Waals surface area contributed by atoms with Gasteiger partial charge in [-0.1, -0.05) is 17.7 Å². The van der Waals surface area contributed by atoms with Crippen LogP contribution in [-0.4, -0.2) is 12.4 Å². The normalized spacial score (nSPS) is 10.6. The van der Waals surface area contributed by atoms with Gasteiger partial charge in [0.05, 0.1) is 6.61 Å². The Labute approximate surface area is 125 Å². The van der Waals surface area contributed by atoms with Gasteiger partial charge in [0, 0.05) is 23.5 Å². The number of rotatable bonds is 6. The van der Waals surface area contributed by atoms with Crippen LogP contribution in [0.5, 0.6) is 5.75 Å². The maximum atomic E-state index is 12.0. The van der Waals surface area contributed by atoms with Crippen LogP contribution in [0.4, 0.5) is 5.69 Å². The van der Waals surface area contributed by atoms with Crippen molar-refractivity contribution in [3.63, 3.8) is 0 Å². The number of carbonyl (C=O) groups excluding carboxylic acids is 1. The third kappa shape index (κ3) is 4.49. The lowest BCUT2D eigenvalue weighted by Crippen LogP contribution is -1.97. The fourth-order valence-electron chi connectivity index (χ4n) is 1.84. The highest BCUT2D eigenvalue weighted by Gasteiger charge is 2.01. The monoisotopic (exact) mass is 281 g/mol. The van der Waals surface area contributed by atoms with E-state index in [0.717, 1.165) is 11.4 Å². The number of ether oxygens (including phenoxy) is 1. The first-order chi connectivity index (χ1) is 10.2. The fourth-order valence-corrected chi connectivity index (χ4v) is 1.84. The zero-order valence-corrected chi connectivity index (χ0v) is 12.3. The van der Waals surface area contributed by atoms with Crippen molar-refractivity contribution in [1.29, 1.82) is 0 Å². The molecule has 0 saturated carbocycles. The largest absolute Gasteiger partial charge is 0.494 e. The molecule has 0 bridgehead atoms. The molecule has 0 unspecified atom stereocenters. The second-order valence-corrected chi connectivity index (χ2v) is 4.67. The first kappa shape index (κ1) is 14.9. The number of hydrogen-bond acceptors (Lipinski definition) is 3. The number of carbonyl (C=O) groups is 1. The Balaban J connectivity index is 1.94. The van der Waals surface area contributed by atoms with Crippen LogP contribution in [0.1, 0.15) is 22.8 Å². The van der Waals surface area contributed by atoms with Crippen LogP contribution in [0.3, 0.4) is 0 Å². The van der Waals surface area contributed by atoms with Gasteiger partial charge in [-0.3, -0.25) is 4.79 Å². The average Bonchev–Trinajstić information content (AvgIpc) is 2.50. The molecule has 0 saturated heterocycles. The van der Waals surface area contributed by atoms with Crippen LogP contribution in [0.25, 0.3) is 0 Å². The average molecular weight is 281 g/mol. The van der Waals surface area contributed by atoms with Crippen LogP contribution in [-0.2, 0) is 0 Å². The number of aryl methyl sites for hydroxylation is 1. The third-order valence-electron chi connectivity index (χ3n) is 2.99. The molecule has 108 valence electrons. The van der Waals surface area contributed by atoms with Crippen LogP contribution in [0, 0.1) is 6.92 Å². The Bertz CT molecular complexity index is 613. The predicted molar refractivity (Wildman–Crippen MR) is 85.9 cm³/mol. The highest BCUT2D eigenvalue weighted by molar-refractivity contribution is 6.04. The molecule has 0 radical (unpaired) electrons. The van der Waals surface area contributed by atoms with Crippen LogP contribution >= 0.6 is 0 Å². The van der Waals surface area contributed by atoms with Crippen molar-refractivity contribution in [3.05, 3.63) is 71.9 Å². The van der Waals surface area contributed by atoms with Gasteiger partial charge in [-0.05, 0) is 50.2 Å². The van der Waals surface area contributed by atoms with Crippen molar-refractivity contribution >= 4 is 11.5 Å². The molecule has 0 heterocycles. The predicted octanol–water partition coefficient (Wildman–Crippen LogP) is 4.20. The molecule has 2 aromatic carbocycles. The number of ketones is 1. The van der Waals surface area contributed by atoms with Crippen LogP contribution in [0.2, 0.25) is 0 Å². The maximum Gasteiger partial charge on any atom is 0.187 e. The summed E-state index contributed by atoms with van der Waals surface area (Å²) in [4.78, 5) is 12.0. The van der Waals surface area contributed by atoms with E-state index in [0.29, 0.717) is 12.2 Å². The Morgan fingerprint density at radius 1 is 1.10 bits per heavy atom. The van der Waals surface area contributed by atoms with Gasteiger partial charge in [0.15, 0.2) is 5.78 Å². The molecule has 0 aliphatic heterocycles. The molecule has 21 heavy (non-hydrogen) atoms. The van der Waals surface area contributed by atoms with Gasteiger partial charge in [0.25, 0.3) is 0 Å². The van der Waals surface area contributed by atoms with Gasteiger partial charge in [-0.25, -0.2) is 0 Å². The molecule has 0 aliphatic carbocycles. The first-order valence-corrected chi connectivity index (χ1v) is 6.96. The molecular weight excluding hydrogens is 262 g/mol. The highest BCUT2D eigenvalue weighted by Crippen LogP contribution is 2.13. The summed E-state index contributed by atoms with van der Waals surface area (Å²) >= 11 is 0. The molecule has 3 heteroatoms. The van der Waals surface area contributed by atoms with E-state index in [1.165, 1.54) is 11.6 Å². The Kier molecular flexibility index (Phi) is 5.16. The molecule has 0 aliphatic rings. The van der Waals surface area contributed by atoms with E-state index in [1.54, 1.807) is 30.5 Å². The molecule has 0 spiro atoms. The second-order valence-electron chi connectivity index (χ2n) is 4.67. The topological polar surface area (TPSA) is 38.3 Å². The minimum atomic E-state index is -0.0438. The molecule has 2 rings (SSSR count). The van der Waals surface area contributed by atoms with Gasteiger partial charge in [-0.15, -0.1) is 0 Å². The van der Waals surface area contributed by atoms with Crippen molar-refractivity contribution in [2.45, 2.75) is 13.8 Å². The van der Waals surface area contributed by atoms with E-state index in [4.69, 9.17) is 4.74 Å². The lowest BCUT2D eigenvalue weighted by Gasteiger charge is -2.03. The number of benzene rings is 2. The Morgan fingerprint density at radius 3 is 2.38 bits per heavy atom. The standard InChI is InChI=1S/C18H19NO2/c1-3-21-17-10-6-15(7-11-17)18(20)12-13-19-16-8-4-14(2)5-9-16/h4-13,19H,3H2,1-2H3. The summed E-state index contributed by atoms with van der Waals surface area (Å²) < 4.78 is 5.35. The maximum absolute atomic E-state index is 12.0. The lowest BCUT2D eigenvalue weighted by atomic mass is 10.1. The first-order valence-electron chi connectivity index (χ1n) is 6.96. The van der Waals surface area contributed by atoms with Gasteiger partial charge >= 0.3 is 0 Å². The molecule has 2 aromatic rings. The van der Waals surface area contributed by atoms with Crippen LogP contribution in [0.15, 0.2) is 60.8 Å². The summed E-state index contributed by atoms with van der Waals surface area (Å²) in [6, 6.07) is 15.1. The quantitative estimate of drug-likeness (QED) is 0.637. The molecule has 0 atom stereocenters. The van der Waals surface area contributed by atoms with E-state index in [9.17, 15) is 4.79 Å². The summed E-state index contributed by atoms with van der Waals surface area (Å²) in [7, 11) is 0. The summed E-state index contributed by atoms with van der Waals surface area (Å²) in [6.45, 7) is 4.58. The number of allylic oxidation sites excluding steroid dienone is 1.